The summed E-state index contributed by atoms with van der Waals surface area (Å²) in [6.07, 6.45) is 3.45. The van der Waals surface area contributed by atoms with E-state index in [2.05, 4.69) is 0 Å². The van der Waals surface area contributed by atoms with Crippen LogP contribution in [0.1, 0.15) is 11.1 Å². The molecule has 1 amide bonds. The normalized spacial score (nSPS) is 14.9. The van der Waals surface area contributed by atoms with Crippen molar-refractivity contribution in [1.29, 1.82) is 0 Å². The Morgan fingerprint density at radius 2 is 1.55 bits per heavy atom. The number of benzene rings is 3. The van der Waals surface area contributed by atoms with Crippen molar-refractivity contribution in [1.82, 2.24) is 0 Å². The molecular formula is C23H15FN2O3. The Balaban J connectivity index is 1.77. The van der Waals surface area contributed by atoms with Gasteiger partial charge in [0, 0.05) is 23.4 Å². The molecule has 1 aliphatic rings. The minimum absolute atomic E-state index is 0.0154. The van der Waals surface area contributed by atoms with Gasteiger partial charge < -0.3 is 0 Å². The Morgan fingerprint density at radius 1 is 0.897 bits per heavy atom. The van der Waals surface area contributed by atoms with E-state index in [9.17, 15) is 19.3 Å². The highest BCUT2D eigenvalue weighted by atomic mass is 19.1. The number of hydrogen-bond acceptors (Lipinski definition) is 3. The van der Waals surface area contributed by atoms with Crippen LogP contribution in [-0.4, -0.2) is 10.8 Å². The average molecular weight is 386 g/mol. The molecule has 4 rings (SSSR count). The van der Waals surface area contributed by atoms with E-state index in [0.717, 1.165) is 5.56 Å². The first-order valence-corrected chi connectivity index (χ1v) is 8.86. The average Bonchev–Trinajstić information content (AvgIpc) is 3.06. The molecule has 3 aromatic carbocycles. The molecule has 0 unspecified atom stereocenters. The largest absolute Gasteiger partial charge is 0.276 e. The van der Waals surface area contributed by atoms with Crippen LogP contribution in [0.4, 0.5) is 15.8 Å². The molecule has 29 heavy (non-hydrogen) atoms. The third-order valence-electron chi connectivity index (χ3n) is 4.56. The predicted molar refractivity (Wildman–Crippen MR) is 109 cm³/mol. The predicted octanol–water partition coefficient (Wildman–Crippen LogP) is 5.21. The number of non-ortho nitro benzene ring substituents is 1. The van der Waals surface area contributed by atoms with E-state index in [1.54, 1.807) is 36.4 Å². The van der Waals surface area contributed by atoms with Gasteiger partial charge in [-0.1, -0.05) is 30.3 Å². The second-order valence-electron chi connectivity index (χ2n) is 6.46. The Morgan fingerprint density at radius 3 is 2.17 bits per heavy atom. The molecule has 5 nitrogen and oxygen atoms in total. The molecule has 3 aromatic rings. The second kappa shape index (κ2) is 7.52. The van der Waals surface area contributed by atoms with Crippen LogP contribution in [-0.2, 0) is 4.79 Å². The molecule has 0 atom stereocenters. The summed E-state index contributed by atoms with van der Waals surface area (Å²) in [6, 6.07) is 21.1. The molecule has 0 radical (unpaired) electrons. The highest BCUT2D eigenvalue weighted by molar-refractivity contribution is 6.23. The Hall–Kier alpha value is -4.06. The van der Waals surface area contributed by atoms with Crippen molar-refractivity contribution < 1.29 is 14.1 Å². The summed E-state index contributed by atoms with van der Waals surface area (Å²) >= 11 is 0. The van der Waals surface area contributed by atoms with Crippen LogP contribution >= 0.6 is 0 Å². The van der Waals surface area contributed by atoms with Gasteiger partial charge in [0.2, 0.25) is 0 Å². The van der Waals surface area contributed by atoms with Crippen LogP contribution in [0.2, 0.25) is 0 Å². The topological polar surface area (TPSA) is 63.4 Å². The van der Waals surface area contributed by atoms with Crippen molar-refractivity contribution in [2.45, 2.75) is 0 Å². The number of nitro benzene ring substituents is 1. The molecule has 6 heteroatoms. The van der Waals surface area contributed by atoms with Gasteiger partial charge in [-0.05, 0) is 59.7 Å². The third kappa shape index (κ3) is 3.68. The molecular weight excluding hydrogens is 371 g/mol. The molecule has 0 aromatic heterocycles. The van der Waals surface area contributed by atoms with Gasteiger partial charge in [-0.15, -0.1) is 0 Å². The van der Waals surface area contributed by atoms with Gasteiger partial charge >= 0.3 is 0 Å². The van der Waals surface area contributed by atoms with Crippen LogP contribution in [0.5, 0.6) is 0 Å². The molecule has 0 spiro atoms. The van der Waals surface area contributed by atoms with Crippen LogP contribution in [0, 0.1) is 15.9 Å². The van der Waals surface area contributed by atoms with E-state index in [0.29, 0.717) is 22.5 Å². The van der Waals surface area contributed by atoms with E-state index in [1.165, 1.54) is 29.2 Å². The lowest BCUT2D eigenvalue weighted by Crippen LogP contribution is -2.24. The first-order valence-electron chi connectivity index (χ1n) is 8.86. The Labute approximate surface area is 166 Å². The van der Waals surface area contributed by atoms with Gasteiger partial charge in [0.1, 0.15) is 5.82 Å². The van der Waals surface area contributed by atoms with Crippen molar-refractivity contribution in [2.24, 2.45) is 0 Å². The molecule has 0 saturated heterocycles. The van der Waals surface area contributed by atoms with Gasteiger partial charge in [0.15, 0.2) is 0 Å². The molecule has 142 valence electrons. The van der Waals surface area contributed by atoms with Crippen molar-refractivity contribution in [2.75, 3.05) is 4.90 Å². The molecule has 1 heterocycles. The van der Waals surface area contributed by atoms with E-state index >= 15 is 0 Å². The lowest BCUT2D eigenvalue weighted by atomic mass is 10.1. The minimum atomic E-state index is -0.471. The summed E-state index contributed by atoms with van der Waals surface area (Å²) in [5, 5.41) is 10.8. The highest BCUT2D eigenvalue weighted by Crippen LogP contribution is 2.35. The fraction of sp³-hybridized carbons (Fsp3) is 0. The summed E-state index contributed by atoms with van der Waals surface area (Å²) in [7, 11) is 0. The number of halogens is 1. The van der Waals surface area contributed by atoms with Crippen molar-refractivity contribution in [3.63, 3.8) is 0 Å². The molecule has 0 fully saturated rings. The fourth-order valence-corrected chi connectivity index (χ4v) is 3.16. The molecule has 0 saturated carbocycles. The number of nitrogens with zero attached hydrogens (tertiary/aromatic N) is 2. The number of amides is 1. The number of rotatable bonds is 4. The zero-order valence-corrected chi connectivity index (χ0v) is 15.2. The summed E-state index contributed by atoms with van der Waals surface area (Å²) in [6.45, 7) is 0. The maximum absolute atomic E-state index is 13.4. The zero-order chi connectivity index (χ0) is 20.4. The van der Waals surface area contributed by atoms with Gasteiger partial charge in [-0.3, -0.25) is 19.8 Å². The first kappa shape index (κ1) is 18.3. The van der Waals surface area contributed by atoms with E-state index in [4.69, 9.17) is 0 Å². The van der Waals surface area contributed by atoms with E-state index < -0.39 is 4.92 Å². The zero-order valence-electron chi connectivity index (χ0n) is 15.2. The monoisotopic (exact) mass is 386 g/mol. The van der Waals surface area contributed by atoms with Crippen LogP contribution < -0.4 is 4.90 Å². The van der Waals surface area contributed by atoms with Crippen molar-refractivity contribution in [3.05, 3.63) is 118 Å². The number of anilines is 1. The van der Waals surface area contributed by atoms with E-state index in [-0.39, 0.29) is 17.4 Å². The molecule has 1 aliphatic heterocycles. The number of carbonyl (C=O) groups is 1. The highest BCUT2D eigenvalue weighted by Gasteiger charge is 2.30. The smallest absolute Gasteiger partial charge is 0.269 e. The quantitative estimate of drug-likeness (QED) is 0.351. The maximum Gasteiger partial charge on any atom is 0.269 e. The summed E-state index contributed by atoms with van der Waals surface area (Å²) < 4.78 is 13.4. The standard InChI is InChI=1S/C23H15FN2O3/c24-19-8-12-20(13-9-19)25-22(17-4-2-1-3-5-17)15-18(23(25)27)14-16-6-10-21(11-7-16)26(28)29/h1-15H/b18-14+. The van der Waals surface area contributed by atoms with Gasteiger partial charge in [-0.2, -0.15) is 0 Å². The summed E-state index contributed by atoms with van der Waals surface area (Å²) in [5.41, 5.74) is 3.16. The van der Waals surface area contributed by atoms with Crippen molar-refractivity contribution in [3.8, 4) is 0 Å². The van der Waals surface area contributed by atoms with Gasteiger partial charge in [0.25, 0.3) is 11.6 Å². The minimum Gasteiger partial charge on any atom is -0.276 e. The lowest BCUT2D eigenvalue weighted by molar-refractivity contribution is -0.384. The van der Waals surface area contributed by atoms with Gasteiger partial charge in [-0.25, -0.2) is 4.39 Å². The van der Waals surface area contributed by atoms with Crippen LogP contribution in [0.15, 0.2) is 90.5 Å². The number of nitro groups is 1. The molecule has 0 aliphatic carbocycles. The van der Waals surface area contributed by atoms with Crippen LogP contribution in [0.25, 0.3) is 11.8 Å². The molecule has 0 N–H and O–H groups in total. The Bertz CT molecular complexity index is 1140. The SMILES string of the molecule is O=C1/C(=C/c2ccc([N+](=O)[O-])cc2)C=C(c2ccccc2)N1c1ccc(F)cc1. The fourth-order valence-electron chi connectivity index (χ4n) is 3.16. The number of carbonyl (C=O) groups excluding carboxylic acids is 1. The number of hydrogen-bond donors (Lipinski definition) is 0. The summed E-state index contributed by atoms with van der Waals surface area (Å²) in [4.78, 5) is 25.0. The first-order chi connectivity index (χ1) is 14.0. The van der Waals surface area contributed by atoms with Gasteiger partial charge in [0.05, 0.1) is 10.6 Å². The van der Waals surface area contributed by atoms with Crippen molar-refractivity contribution >= 4 is 29.1 Å². The second-order valence-corrected chi connectivity index (χ2v) is 6.46. The van der Waals surface area contributed by atoms with E-state index in [1.807, 2.05) is 30.3 Å². The third-order valence-corrected chi connectivity index (χ3v) is 4.56. The maximum atomic E-state index is 13.4. The lowest BCUT2D eigenvalue weighted by Gasteiger charge is -2.20. The molecule has 0 bridgehead atoms. The summed E-state index contributed by atoms with van der Waals surface area (Å²) in [5.74, 6) is -0.638. The van der Waals surface area contributed by atoms with Crippen LogP contribution in [0.3, 0.4) is 0 Å². The Kier molecular flexibility index (Phi) is 4.75.